The van der Waals surface area contributed by atoms with E-state index in [0.29, 0.717) is 0 Å². The first kappa shape index (κ1) is 15.3. The van der Waals surface area contributed by atoms with Crippen molar-refractivity contribution in [3.05, 3.63) is 35.1 Å². The maximum absolute atomic E-state index is 13.8. The van der Waals surface area contributed by atoms with Crippen molar-refractivity contribution >= 4 is 27.3 Å². The number of hydrogen-bond donors (Lipinski definition) is 2. The van der Waals surface area contributed by atoms with E-state index in [4.69, 9.17) is 17.3 Å². The molecule has 20 heavy (non-hydrogen) atoms. The molecule has 1 aliphatic carbocycles. The van der Waals surface area contributed by atoms with Gasteiger partial charge in [0.1, 0.15) is 4.90 Å². The first-order valence-electron chi connectivity index (χ1n) is 6.29. The summed E-state index contributed by atoms with van der Waals surface area (Å²) in [4.78, 5) is -0.506. The van der Waals surface area contributed by atoms with Crippen LogP contribution in [0.2, 0.25) is 5.02 Å². The molecule has 0 heterocycles. The Balaban J connectivity index is 2.16. The third kappa shape index (κ3) is 3.50. The molecule has 1 aliphatic rings. The minimum absolute atomic E-state index is 0.109. The molecule has 0 fully saturated rings. The summed E-state index contributed by atoms with van der Waals surface area (Å²) in [7, 11) is -3.95. The van der Waals surface area contributed by atoms with Crippen molar-refractivity contribution in [2.75, 3.05) is 12.3 Å². The maximum Gasteiger partial charge on any atom is 0.243 e. The van der Waals surface area contributed by atoms with E-state index in [0.717, 1.165) is 25.3 Å². The summed E-state index contributed by atoms with van der Waals surface area (Å²) in [6, 6.07) is 2.26. The van der Waals surface area contributed by atoms with Gasteiger partial charge in [-0.15, -0.1) is 0 Å². The predicted molar refractivity (Wildman–Crippen MR) is 77.5 cm³/mol. The molecular weight excluding hydrogens is 303 g/mol. The van der Waals surface area contributed by atoms with Crippen LogP contribution in [0.5, 0.6) is 0 Å². The van der Waals surface area contributed by atoms with Crippen LogP contribution in [-0.4, -0.2) is 15.0 Å². The first-order valence-corrected chi connectivity index (χ1v) is 8.15. The van der Waals surface area contributed by atoms with Crippen LogP contribution in [0.25, 0.3) is 0 Å². The van der Waals surface area contributed by atoms with Crippen molar-refractivity contribution in [2.45, 2.75) is 24.2 Å². The highest BCUT2D eigenvalue weighted by Gasteiger charge is 2.23. The molecule has 0 saturated carbocycles. The highest BCUT2D eigenvalue weighted by molar-refractivity contribution is 7.89. The van der Waals surface area contributed by atoms with Crippen molar-refractivity contribution in [1.82, 2.24) is 4.72 Å². The molecule has 2 rings (SSSR count). The number of allylic oxidation sites excluding steroid dienone is 2. The normalized spacial score (nSPS) is 19.2. The topological polar surface area (TPSA) is 72.2 Å². The predicted octanol–water partition coefficient (Wildman–Crippen LogP) is 2.70. The Kier molecular flexibility index (Phi) is 4.67. The second-order valence-corrected chi connectivity index (χ2v) is 6.96. The van der Waals surface area contributed by atoms with Gasteiger partial charge in [0.05, 0.1) is 5.02 Å². The van der Waals surface area contributed by atoms with Gasteiger partial charge in [0.25, 0.3) is 0 Å². The number of rotatable bonds is 4. The molecule has 0 saturated heterocycles. The third-order valence-corrected chi connectivity index (χ3v) is 4.94. The Hall–Kier alpha value is -1.11. The van der Waals surface area contributed by atoms with E-state index in [1.165, 1.54) is 6.07 Å². The van der Waals surface area contributed by atoms with E-state index < -0.39 is 20.7 Å². The van der Waals surface area contributed by atoms with Crippen molar-refractivity contribution in [3.8, 4) is 0 Å². The van der Waals surface area contributed by atoms with Crippen LogP contribution >= 0.6 is 11.6 Å². The molecule has 1 aromatic carbocycles. The summed E-state index contributed by atoms with van der Waals surface area (Å²) < 4.78 is 40.5. The molecule has 110 valence electrons. The van der Waals surface area contributed by atoms with Gasteiger partial charge in [0.15, 0.2) is 5.82 Å². The molecule has 0 aromatic heterocycles. The van der Waals surface area contributed by atoms with Gasteiger partial charge in [-0.3, -0.25) is 0 Å². The minimum Gasteiger partial charge on any atom is -0.399 e. The van der Waals surface area contributed by atoms with Crippen LogP contribution in [0.4, 0.5) is 10.1 Å². The van der Waals surface area contributed by atoms with Gasteiger partial charge in [-0.1, -0.05) is 23.8 Å². The van der Waals surface area contributed by atoms with Gasteiger partial charge in [-0.05, 0) is 37.3 Å². The highest BCUT2D eigenvalue weighted by atomic mass is 35.5. The number of nitrogen functional groups attached to an aromatic ring is 1. The van der Waals surface area contributed by atoms with Crippen molar-refractivity contribution in [3.63, 3.8) is 0 Å². The number of nitrogens with two attached hydrogens (primary N) is 1. The molecule has 0 amide bonds. The van der Waals surface area contributed by atoms with Crippen LogP contribution in [0.3, 0.4) is 0 Å². The van der Waals surface area contributed by atoms with Gasteiger partial charge in [-0.2, -0.15) is 0 Å². The maximum atomic E-state index is 13.8. The first-order chi connectivity index (χ1) is 9.40. The van der Waals surface area contributed by atoms with E-state index in [1.54, 1.807) is 0 Å². The van der Waals surface area contributed by atoms with Gasteiger partial charge < -0.3 is 5.73 Å². The lowest BCUT2D eigenvalue weighted by Gasteiger charge is -2.18. The van der Waals surface area contributed by atoms with Gasteiger partial charge in [0, 0.05) is 12.2 Å². The number of anilines is 1. The summed E-state index contributed by atoms with van der Waals surface area (Å²) in [5.74, 6) is -0.744. The fourth-order valence-corrected chi connectivity index (χ4v) is 3.66. The van der Waals surface area contributed by atoms with E-state index in [1.807, 2.05) is 6.08 Å². The molecule has 7 heteroatoms. The fraction of sp³-hybridized carbons (Fsp3) is 0.385. The van der Waals surface area contributed by atoms with Crippen molar-refractivity contribution < 1.29 is 12.8 Å². The second-order valence-electron chi connectivity index (χ2n) is 4.82. The fourth-order valence-electron chi connectivity index (χ4n) is 2.13. The lowest BCUT2D eigenvalue weighted by Crippen LogP contribution is -2.30. The zero-order chi connectivity index (χ0) is 14.8. The van der Waals surface area contributed by atoms with Crippen LogP contribution in [0, 0.1) is 11.7 Å². The molecule has 1 atom stereocenters. The van der Waals surface area contributed by atoms with Crippen LogP contribution in [0.15, 0.2) is 29.2 Å². The molecule has 0 bridgehead atoms. The molecular formula is C13H16ClFN2O2S. The van der Waals surface area contributed by atoms with Crippen LogP contribution in [0.1, 0.15) is 19.3 Å². The monoisotopic (exact) mass is 318 g/mol. The minimum atomic E-state index is -3.95. The molecule has 0 spiro atoms. The number of halogens is 2. The zero-order valence-electron chi connectivity index (χ0n) is 10.8. The Morgan fingerprint density at radius 1 is 1.40 bits per heavy atom. The smallest absolute Gasteiger partial charge is 0.243 e. The number of benzene rings is 1. The van der Waals surface area contributed by atoms with Gasteiger partial charge in [0.2, 0.25) is 10.0 Å². The second kappa shape index (κ2) is 6.11. The van der Waals surface area contributed by atoms with Crippen LogP contribution in [-0.2, 0) is 10.0 Å². The molecule has 1 unspecified atom stereocenters. The molecule has 0 radical (unpaired) electrons. The van der Waals surface area contributed by atoms with E-state index in [9.17, 15) is 12.8 Å². The van der Waals surface area contributed by atoms with Crippen LogP contribution < -0.4 is 10.5 Å². The van der Waals surface area contributed by atoms with Crippen molar-refractivity contribution in [1.29, 1.82) is 0 Å². The average Bonchev–Trinajstić information content (AvgIpc) is 2.42. The Morgan fingerprint density at radius 3 is 2.80 bits per heavy atom. The molecule has 1 aromatic rings. The van der Waals surface area contributed by atoms with E-state index in [-0.39, 0.29) is 23.2 Å². The van der Waals surface area contributed by atoms with E-state index >= 15 is 0 Å². The van der Waals surface area contributed by atoms with Gasteiger partial charge in [-0.25, -0.2) is 17.5 Å². The zero-order valence-corrected chi connectivity index (χ0v) is 12.3. The summed E-state index contributed by atoms with van der Waals surface area (Å²) >= 11 is 5.62. The summed E-state index contributed by atoms with van der Waals surface area (Å²) in [5.41, 5.74) is 5.62. The standard InChI is InChI=1S/C13H16ClFN2O2S/c14-11-6-10(16)7-12(13(11)15)20(18,19)17-8-9-4-2-1-3-5-9/h1-2,6-7,9,17H,3-5,8,16H2. The summed E-state index contributed by atoms with van der Waals surface area (Å²) in [6.07, 6.45) is 6.77. The molecule has 4 nitrogen and oxygen atoms in total. The quantitative estimate of drug-likeness (QED) is 0.662. The van der Waals surface area contributed by atoms with Crippen molar-refractivity contribution in [2.24, 2.45) is 5.92 Å². The SMILES string of the molecule is Nc1cc(Cl)c(F)c(S(=O)(=O)NCC2CC=CCC2)c1. The van der Waals surface area contributed by atoms with E-state index in [2.05, 4.69) is 10.8 Å². The Morgan fingerprint density at radius 2 is 2.15 bits per heavy atom. The third-order valence-electron chi connectivity index (χ3n) is 3.25. The Labute approximate surface area is 122 Å². The lowest BCUT2D eigenvalue weighted by atomic mass is 9.95. The average molecular weight is 319 g/mol. The Bertz CT molecular complexity index is 632. The molecule has 0 aliphatic heterocycles. The highest BCUT2D eigenvalue weighted by Crippen LogP contribution is 2.26. The number of sulfonamides is 1. The van der Waals surface area contributed by atoms with Gasteiger partial charge >= 0.3 is 0 Å². The summed E-state index contributed by atoms with van der Waals surface area (Å²) in [5, 5.41) is -0.300. The lowest BCUT2D eigenvalue weighted by molar-refractivity contribution is 0.466. The number of hydrogen-bond acceptors (Lipinski definition) is 3. The number of nitrogens with one attached hydrogen (secondary N) is 1. The summed E-state index contributed by atoms with van der Waals surface area (Å²) in [6.45, 7) is 0.276. The largest absolute Gasteiger partial charge is 0.399 e. The molecule has 3 N–H and O–H groups in total.